The van der Waals surface area contributed by atoms with Crippen molar-refractivity contribution in [1.29, 1.82) is 0 Å². The fourth-order valence-corrected chi connectivity index (χ4v) is 5.40. The molecule has 0 bridgehead atoms. The molecule has 13 nitrogen and oxygen atoms in total. The molecular formula is C30H25N5O8. The van der Waals surface area contributed by atoms with Gasteiger partial charge < -0.3 is 31.6 Å². The zero-order valence-electron chi connectivity index (χ0n) is 22.4. The van der Waals surface area contributed by atoms with Crippen LogP contribution in [-0.4, -0.2) is 36.9 Å². The summed E-state index contributed by atoms with van der Waals surface area (Å²) < 4.78 is 0. The number of rotatable bonds is 9. The first-order chi connectivity index (χ1) is 20.5. The number of carbonyl (C=O) groups is 2. The van der Waals surface area contributed by atoms with E-state index in [-0.39, 0.29) is 80.8 Å². The van der Waals surface area contributed by atoms with Gasteiger partial charge in [-0.25, -0.2) is 0 Å². The molecule has 2 heterocycles. The molecule has 43 heavy (non-hydrogen) atoms. The fraction of sp³-hybridized carbons (Fsp3) is 0.133. The van der Waals surface area contributed by atoms with Gasteiger partial charge in [-0.1, -0.05) is 24.3 Å². The Morgan fingerprint density at radius 3 is 1.58 bits per heavy atom. The Labute approximate surface area is 241 Å². The number of fused-ring (bicyclic) bond motifs is 2. The van der Waals surface area contributed by atoms with Gasteiger partial charge in [-0.15, -0.1) is 0 Å². The molecule has 13 heteroatoms. The number of aromatic hydroxyl groups is 2. The first-order valence-corrected chi connectivity index (χ1v) is 13.0. The van der Waals surface area contributed by atoms with Crippen LogP contribution in [0.2, 0.25) is 0 Å². The van der Waals surface area contributed by atoms with E-state index in [1.165, 1.54) is 48.5 Å². The molecule has 3 aromatic carbocycles. The molecule has 5 aromatic rings. The lowest BCUT2D eigenvalue weighted by Crippen LogP contribution is -2.29. The average Bonchev–Trinajstić information content (AvgIpc) is 2.94. The number of hydrogen-bond donors (Lipinski definition) is 6. The van der Waals surface area contributed by atoms with E-state index in [4.69, 9.17) is 11.5 Å². The number of hydrogen-bond acceptors (Lipinski definition) is 8. The van der Waals surface area contributed by atoms with E-state index in [2.05, 4.69) is 9.97 Å². The highest BCUT2D eigenvalue weighted by Crippen LogP contribution is 2.27. The van der Waals surface area contributed by atoms with E-state index >= 15 is 0 Å². The Balaban J connectivity index is 1.68. The number of carbonyl (C=O) groups excluding carboxylic acids is 2. The average molecular weight is 584 g/mol. The molecule has 2 aromatic heterocycles. The van der Waals surface area contributed by atoms with E-state index in [0.717, 1.165) is 0 Å². The second-order valence-electron chi connectivity index (χ2n) is 10.1. The summed E-state index contributed by atoms with van der Waals surface area (Å²) in [7, 11) is 0. The monoisotopic (exact) mass is 583 g/mol. The second-order valence-corrected chi connectivity index (χ2v) is 10.1. The summed E-state index contributed by atoms with van der Waals surface area (Å²) in [6, 6.07) is 14.2. The number of nitrogens with one attached hydrogen (secondary N) is 2. The van der Waals surface area contributed by atoms with E-state index < -0.39 is 33.5 Å². The number of phenolic OH excluding ortho intramolecular Hbond substituents is 2. The van der Waals surface area contributed by atoms with E-state index in [9.17, 15) is 39.5 Å². The zero-order valence-corrected chi connectivity index (χ0v) is 22.4. The van der Waals surface area contributed by atoms with E-state index in [1.807, 2.05) is 0 Å². The predicted octanol–water partition coefficient (Wildman–Crippen LogP) is 2.53. The molecule has 0 aliphatic carbocycles. The van der Waals surface area contributed by atoms with Crippen LogP contribution in [0.4, 0.5) is 5.69 Å². The predicted molar refractivity (Wildman–Crippen MR) is 157 cm³/mol. The summed E-state index contributed by atoms with van der Waals surface area (Å²) >= 11 is 0. The van der Waals surface area contributed by atoms with Gasteiger partial charge in [0.05, 0.1) is 26.7 Å². The summed E-state index contributed by atoms with van der Waals surface area (Å²) in [5.74, 6) is -3.06. The molecule has 0 saturated carbocycles. The number of amides is 2. The maximum absolute atomic E-state index is 13.3. The van der Waals surface area contributed by atoms with Crippen molar-refractivity contribution in [3.05, 3.63) is 119 Å². The Morgan fingerprint density at radius 1 is 0.744 bits per heavy atom. The molecule has 218 valence electrons. The van der Waals surface area contributed by atoms with Crippen molar-refractivity contribution in [2.75, 3.05) is 0 Å². The summed E-state index contributed by atoms with van der Waals surface area (Å²) in [6.07, 6.45) is 0.0950. The van der Waals surface area contributed by atoms with Crippen LogP contribution in [0.3, 0.4) is 0 Å². The third-order valence-electron chi connectivity index (χ3n) is 7.33. The molecule has 0 saturated heterocycles. The van der Waals surface area contributed by atoms with Gasteiger partial charge in [0, 0.05) is 23.5 Å². The number of pyridine rings is 2. The highest BCUT2D eigenvalue weighted by atomic mass is 16.6. The number of para-hydroxylation sites is 2. The lowest BCUT2D eigenvalue weighted by molar-refractivity contribution is -0.384. The highest BCUT2D eigenvalue weighted by molar-refractivity contribution is 5.99. The van der Waals surface area contributed by atoms with Crippen molar-refractivity contribution in [3.8, 4) is 11.5 Å². The van der Waals surface area contributed by atoms with Gasteiger partial charge in [0.2, 0.25) is 10.9 Å². The molecule has 2 amide bonds. The number of nitrogens with zero attached hydrogens (tertiary/aromatic N) is 1. The molecule has 0 aliphatic rings. The number of nitro groups is 1. The molecule has 8 N–H and O–H groups in total. The van der Waals surface area contributed by atoms with Crippen LogP contribution in [0, 0.1) is 16.0 Å². The van der Waals surface area contributed by atoms with Crippen LogP contribution in [-0.2, 0) is 19.3 Å². The van der Waals surface area contributed by atoms with Crippen molar-refractivity contribution in [2.24, 2.45) is 17.4 Å². The fourth-order valence-electron chi connectivity index (χ4n) is 5.40. The molecule has 5 rings (SSSR count). The molecule has 0 unspecified atom stereocenters. The lowest BCUT2D eigenvalue weighted by Gasteiger charge is -2.21. The van der Waals surface area contributed by atoms with E-state index in [1.54, 1.807) is 12.1 Å². The minimum absolute atomic E-state index is 0.0478. The SMILES string of the molecule is NC(=O)c1c(CC(Cc2ccc([N+](=O)[O-])cc2)Cc2[nH]c3c(O)cccc3c(=O)c2C(N)=O)[nH]c2c(O)cccc2c1=O. The Morgan fingerprint density at radius 2 is 1.19 bits per heavy atom. The summed E-state index contributed by atoms with van der Waals surface area (Å²) in [5.41, 5.74) is 10.1. The standard InChI is InChI=1S/C30H25N5O8/c31-29(40)23-19(33-25-17(27(23)38)3-1-5-21(25)36)12-15(11-14-7-9-16(10-8-14)35(42)43)13-20-24(30(32)41)28(39)18-4-2-6-22(37)26(18)34-20/h1-10,15,36-37H,11-13H2,(H2,31,40)(H2,32,41)(H,33,38)(H,34,39). The van der Waals surface area contributed by atoms with Crippen LogP contribution in [0.5, 0.6) is 11.5 Å². The maximum Gasteiger partial charge on any atom is 0.269 e. The molecular weight excluding hydrogens is 558 g/mol. The highest BCUT2D eigenvalue weighted by Gasteiger charge is 2.25. The van der Waals surface area contributed by atoms with Crippen LogP contribution in [0.25, 0.3) is 21.8 Å². The van der Waals surface area contributed by atoms with Gasteiger partial charge in [0.15, 0.2) is 0 Å². The van der Waals surface area contributed by atoms with Crippen LogP contribution >= 0.6 is 0 Å². The Kier molecular flexibility index (Phi) is 7.38. The summed E-state index contributed by atoms with van der Waals surface area (Å²) in [6.45, 7) is 0. The minimum atomic E-state index is -1.00. The van der Waals surface area contributed by atoms with Gasteiger partial charge in [0.25, 0.3) is 17.5 Å². The van der Waals surface area contributed by atoms with Gasteiger partial charge in [-0.3, -0.25) is 29.3 Å². The van der Waals surface area contributed by atoms with Gasteiger partial charge in [-0.05, 0) is 55.0 Å². The Hall–Kier alpha value is -5.98. The van der Waals surface area contributed by atoms with Gasteiger partial charge in [0.1, 0.15) is 22.6 Å². The van der Waals surface area contributed by atoms with Crippen LogP contribution in [0.1, 0.15) is 37.7 Å². The minimum Gasteiger partial charge on any atom is -0.506 e. The molecule has 0 aliphatic heterocycles. The third-order valence-corrected chi connectivity index (χ3v) is 7.33. The normalized spacial score (nSPS) is 11.3. The first-order valence-electron chi connectivity index (χ1n) is 13.0. The number of benzene rings is 3. The second kappa shape index (κ2) is 11.1. The molecule has 0 atom stereocenters. The topological polar surface area (TPSA) is 236 Å². The van der Waals surface area contributed by atoms with Crippen molar-refractivity contribution >= 4 is 39.3 Å². The number of non-ortho nitro benzene ring substituents is 1. The molecule has 0 radical (unpaired) electrons. The number of nitrogens with two attached hydrogens (primary N) is 2. The van der Waals surface area contributed by atoms with Gasteiger partial charge in [-0.2, -0.15) is 0 Å². The van der Waals surface area contributed by atoms with Crippen LogP contribution in [0.15, 0.2) is 70.3 Å². The number of phenols is 2. The largest absolute Gasteiger partial charge is 0.506 e. The van der Waals surface area contributed by atoms with Crippen molar-refractivity contribution in [1.82, 2.24) is 9.97 Å². The lowest BCUT2D eigenvalue weighted by atomic mass is 9.87. The first kappa shape index (κ1) is 28.5. The Bertz CT molecular complexity index is 1950. The van der Waals surface area contributed by atoms with Crippen molar-refractivity contribution < 1.29 is 24.7 Å². The molecule has 0 spiro atoms. The zero-order chi connectivity index (χ0) is 31.0. The molecule has 0 fully saturated rings. The van der Waals surface area contributed by atoms with Gasteiger partial charge >= 0.3 is 0 Å². The number of aromatic amines is 2. The quantitative estimate of drug-likeness (QED) is 0.111. The summed E-state index contributed by atoms with van der Waals surface area (Å²) in [5, 5.41) is 32.1. The number of H-pyrrole nitrogens is 2. The van der Waals surface area contributed by atoms with E-state index in [0.29, 0.717) is 5.56 Å². The number of nitro benzene ring substituents is 1. The maximum atomic E-state index is 13.3. The van der Waals surface area contributed by atoms with Crippen LogP contribution < -0.4 is 22.3 Å². The third kappa shape index (κ3) is 5.38. The van der Waals surface area contributed by atoms with Crippen molar-refractivity contribution in [3.63, 3.8) is 0 Å². The van der Waals surface area contributed by atoms with Crippen molar-refractivity contribution in [2.45, 2.75) is 19.3 Å². The smallest absolute Gasteiger partial charge is 0.269 e. The number of aromatic nitrogens is 2. The summed E-state index contributed by atoms with van der Waals surface area (Å²) in [4.78, 5) is 68.1. The number of primary amides is 2.